The van der Waals surface area contributed by atoms with Crippen LogP contribution in [0.1, 0.15) is 15.9 Å². The number of carboxylic acids is 1. The quantitative estimate of drug-likeness (QED) is 0.673. The Labute approximate surface area is 156 Å². The maximum Gasteiger partial charge on any atom is 0.339 e. The van der Waals surface area contributed by atoms with E-state index in [2.05, 4.69) is 0 Å². The molecule has 0 atom stereocenters. The highest BCUT2D eigenvalue weighted by Crippen LogP contribution is 2.27. The topological polar surface area (TPSA) is 101 Å². The Balaban J connectivity index is 1.78. The Hall–Kier alpha value is -3.06. The van der Waals surface area contributed by atoms with E-state index in [-0.39, 0.29) is 28.6 Å². The van der Waals surface area contributed by atoms with Crippen molar-refractivity contribution in [2.24, 2.45) is 0 Å². The van der Waals surface area contributed by atoms with E-state index in [9.17, 15) is 18.3 Å². The lowest BCUT2D eigenvalue weighted by atomic mass is 10.1. The van der Waals surface area contributed by atoms with Crippen molar-refractivity contribution >= 4 is 26.6 Å². The van der Waals surface area contributed by atoms with Crippen LogP contribution in [-0.4, -0.2) is 37.0 Å². The van der Waals surface area contributed by atoms with Gasteiger partial charge in [0, 0.05) is 11.5 Å². The van der Waals surface area contributed by atoms with Crippen LogP contribution in [-0.2, 0) is 9.84 Å². The summed E-state index contributed by atoms with van der Waals surface area (Å²) < 4.78 is 30.9. The average molecular weight is 386 g/mol. The van der Waals surface area contributed by atoms with E-state index in [1.165, 1.54) is 12.1 Å². The van der Waals surface area contributed by atoms with Gasteiger partial charge in [-0.2, -0.15) is 0 Å². The van der Waals surface area contributed by atoms with Crippen molar-refractivity contribution in [3.63, 3.8) is 0 Å². The number of benzene rings is 3. The van der Waals surface area contributed by atoms with Gasteiger partial charge in [-0.1, -0.05) is 30.3 Å². The number of aryl methyl sites for hydroxylation is 1. The molecule has 6 nitrogen and oxygen atoms in total. The van der Waals surface area contributed by atoms with Crippen molar-refractivity contribution in [3.8, 4) is 11.5 Å². The van der Waals surface area contributed by atoms with E-state index in [1.807, 2.05) is 19.1 Å². The smallest absolute Gasteiger partial charge is 0.339 e. The molecule has 0 saturated carbocycles. The molecule has 27 heavy (non-hydrogen) atoms. The van der Waals surface area contributed by atoms with Gasteiger partial charge in [-0.05, 0) is 36.1 Å². The third-order valence-corrected chi connectivity index (χ3v) is 5.99. The van der Waals surface area contributed by atoms with Crippen molar-refractivity contribution in [1.82, 2.24) is 0 Å². The number of rotatable bonds is 6. The van der Waals surface area contributed by atoms with Crippen LogP contribution in [0.3, 0.4) is 0 Å². The number of aromatic carboxylic acids is 1. The summed E-state index contributed by atoms with van der Waals surface area (Å²) in [6.45, 7) is 1.80. The number of hydrogen-bond acceptors (Lipinski definition) is 5. The summed E-state index contributed by atoms with van der Waals surface area (Å²) in [6.07, 6.45) is 0. The van der Waals surface area contributed by atoms with Crippen LogP contribution in [0.25, 0.3) is 10.8 Å². The van der Waals surface area contributed by atoms with Crippen LogP contribution in [0.4, 0.5) is 0 Å². The Morgan fingerprint density at radius 3 is 2.41 bits per heavy atom. The number of aromatic hydroxyl groups is 1. The summed E-state index contributed by atoms with van der Waals surface area (Å²) in [7, 11) is -3.59. The summed E-state index contributed by atoms with van der Waals surface area (Å²) in [4.78, 5) is 11.1. The van der Waals surface area contributed by atoms with E-state index >= 15 is 0 Å². The molecule has 3 aromatic carbocycles. The lowest BCUT2D eigenvalue weighted by Crippen LogP contribution is -2.15. The molecule has 140 valence electrons. The zero-order valence-electron chi connectivity index (χ0n) is 14.5. The van der Waals surface area contributed by atoms with Crippen LogP contribution < -0.4 is 4.74 Å². The molecule has 0 radical (unpaired) electrons. The molecule has 0 aromatic heterocycles. The van der Waals surface area contributed by atoms with Gasteiger partial charge < -0.3 is 14.9 Å². The molecule has 0 fully saturated rings. The van der Waals surface area contributed by atoms with Gasteiger partial charge in [0.1, 0.15) is 23.7 Å². The fraction of sp³-hybridized carbons (Fsp3) is 0.150. The predicted molar refractivity (Wildman–Crippen MR) is 101 cm³/mol. The number of hydrogen-bond donors (Lipinski definition) is 2. The van der Waals surface area contributed by atoms with Crippen LogP contribution in [0.5, 0.6) is 11.5 Å². The second-order valence-electron chi connectivity index (χ2n) is 6.08. The number of carbonyl (C=O) groups is 1. The summed E-state index contributed by atoms with van der Waals surface area (Å²) in [5.41, 5.74) is 0.746. The molecule has 0 aliphatic carbocycles. The molecule has 0 amide bonds. The third kappa shape index (κ3) is 3.88. The van der Waals surface area contributed by atoms with E-state index < -0.39 is 21.6 Å². The van der Waals surface area contributed by atoms with Gasteiger partial charge in [-0.15, -0.1) is 0 Å². The molecule has 7 heteroatoms. The number of carboxylic acid groups (broad SMARTS) is 1. The fourth-order valence-electron chi connectivity index (χ4n) is 2.85. The van der Waals surface area contributed by atoms with Crippen molar-refractivity contribution in [2.45, 2.75) is 11.8 Å². The molecule has 3 rings (SSSR count). The highest BCUT2D eigenvalue weighted by molar-refractivity contribution is 7.91. The lowest BCUT2D eigenvalue weighted by molar-refractivity contribution is 0.0693. The number of ether oxygens (including phenoxy) is 1. The Morgan fingerprint density at radius 1 is 1.04 bits per heavy atom. The molecular weight excluding hydrogens is 368 g/mol. The van der Waals surface area contributed by atoms with Gasteiger partial charge in [0.25, 0.3) is 0 Å². The largest absolute Gasteiger partial charge is 0.507 e. The first-order valence-electron chi connectivity index (χ1n) is 8.20. The minimum Gasteiger partial charge on any atom is -0.507 e. The number of phenols is 1. The zero-order valence-corrected chi connectivity index (χ0v) is 15.4. The lowest BCUT2D eigenvalue weighted by Gasteiger charge is -2.11. The summed E-state index contributed by atoms with van der Waals surface area (Å²) in [6, 6.07) is 14.4. The van der Waals surface area contributed by atoms with Crippen LogP contribution in [0.2, 0.25) is 0 Å². The molecule has 0 aliphatic rings. The van der Waals surface area contributed by atoms with Crippen molar-refractivity contribution in [3.05, 3.63) is 65.7 Å². The third-order valence-electron chi connectivity index (χ3n) is 4.26. The van der Waals surface area contributed by atoms with Gasteiger partial charge in [-0.3, -0.25) is 0 Å². The predicted octanol–water partition coefficient (Wildman–Crippen LogP) is 3.40. The second-order valence-corrected chi connectivity index (χ2v) is 8.16. The molecule has 0 spiro atoms. The average Bonchev–Trinajstić information content (AvgIpc) is 2.61. The molecule has 2 N–H and O–H groups in total. The van der Waals surface area contributed by atoms with Crippen LogP contribution >= 0.6 is 0 Å². The van der Waals surface area contributed by atoms with E-state index in [0.717, 1.165) is 17.0 Å². The SMILES string of the molecule is Cc1ccc(S(=O)(=O)CCOc2ccc(C(=O)O)c(O)c2)c2ccccc12. The van der Waals surface area contributed by atoms with Gasteiger partial charge in [0.05, 0.1) is 10.6 Å². The molecule has 0 bridgehead atoms. The standard InChI is InChI=1S/C20H18O6S/c1-13-6-9-19(16-5-3-2-4-15(13)16)27(24,25)11-10-26-14-7-8-17(20(22)23)18(21)12-14/h2-9,12,21H,10-11H2,1H3,(H,22,23). The van der Waals surface area contributed by atoms with E-state index in [4.69, 9.17) is 9.84 Å². The van der Waals surface area contributed by atoms with Crippen LogP contribution in [0, 0.1) is 6.92 Å². The Kier molecular flexibility index (Phi) is 5.05. The first kappa shape index (κ1) is 18.7. The van der Waals surface area contributed by atoms with Gasteiger partial charge in [-0.25, -0.2) is 13.2 Å². The van der Waals surface area contributed by atoms with Crippen molar-refractivity contribution in [2.75, 3.05) is 12.4 Å². The van der Waals surface area contributed by atoms with E-state index in [1.54, 1.807) is 24.3 Å². The highest BCUT2D eigenvalue weighted by atomic mass is 32.2. The maximum atomic E-state index is 12.8. The molecule has 0 saturated heterocycles. The van der Waals surface area contributed by atoms with Gasteiger partial charge in [0.15, 0.2) is 9.84 Å². The first-order valence-corrected chi connectivity index (χ1v) is 9.85. The first-order chi connectivity index (χ1) is 12.8. The molecule has 0 unspecified atom stereocenters. The summed E-state index contributed by atoms with van der Waals surface area (Å²) >= 11 is 0. The molecule has 0 heterocycles. The molecule has 0 aliphatic heterocycles. The van der Waals surface area contributed by atoms with Crippen molar-refractivity contribution < 1.29 is 28.2 Å². The molecular formula is C20H18O6S. The number of sulfone groups is 1. The normalized spacial score (nSPS) is 11.4. The summed E-state index contributed by atoms with van der Waals surface area (Å²) in [5.74, 6) is -1.75. The highest BCUT2D eigenvalue weighted by Gasteiger charge is 2.19. The second kappa shape index (κ2) is 7.28. The molecule has 3 aromatic rings. The Morgan fingerprint density at radius 2 is 1.74 bits per heavy atom. The minimum atomic E-state index is -3.59. The minimum absolute atomic E-state index is 0.129. The van der Waals surface area contributed by atoms with E-state index in [0.29, 0.717) is 5.39 Å². The zero-order chi connectivity index (χ0) is 19.6. The fourth-order valence-corrected chi connectivity index (χ4v) is 4.17. The van der Waals surface area contributed by atoms with Crippen LogP contribution in [0.15, 0.2) is 59.5 Å². The summed E-state index contributed by atoms with van der Waals surface area (Å²) in [5, 5.41) is 20.1. The Bertz CT molecular complexity index is 1120. The van der Waals surface area contributed by atoms with Gasteiger partial charge >= 0.3 is 5.97 Å². The monoisotopic (exact) mass is 386 g/mol. The van der Waals surface area contributed by atoms with Crippen molar-refractivity contribution in [1.29, 1.82) is 0 Å². The maximum absolute atomic E-state index is 12.8. The van der Waals surface area contributed by atoms with Gasteiger partial charge in [0.2, 0.25) is 0 Å². The number of fused-ring (bicyclic) bond motifs is 1.